The molecule has 1 atom stereocenters. The number of amides is 1. The van der Waals surface area contributed by atoms with Crippen molar-refractivity contribution in [2.75, 3.05) is 19.6 Å². The fraction of sp³-hybridized carbons (Fsp3) is 0.667. The number of carbonyl (C=O) groups is 1. The molecule has 2 aliphatic rings. The van der Waals surface area contributed by atoms with Gasteiger partial charge >= 0.3 is 0 Å². The van der Waals surface area contributed by atoms with Crippen molar-refractivity contribution in [1.82, 2.24) is 20.0 Å². The zero-order chi connectivity index (χ0) is 15.0. The van der Waals surface area contributed by atoms with Gasteiger partial charge in [0.05, 0.1) is 24.9 Å². The van der Waals surface area contributed by atoms with E-state index in [2.05, 4.69) is 21.4 Å². The molecule has 1 aliphatic heterocycles. The Kier molecular flexibility index (Phi) is 3.46. The number of rotatable bonds is 5. The zero-order valence-corrected chi connectivity index (χ0v) is 12.5. The second-order valence-corrected chi connectivity index (χ2v) is 6.48. The number of nitrogens with zero attached hydrogens (tertiary/aromatic N) is 4. The van der Waals surface area contributed by atoms with Crippen LogP contribution in [0.1, 0.15) is 31.4 Å². The van der Waals surface area contributed by atoms with Crippen LogP contribution in [-0.2, 0) is 4.79 Å². The van der Waals surface area contributed by atoms with E-state index < -0.39 is 5.54 Å². The van der Waals surface area contributed by atoms with Crippen molar-refractivity contribution in [1.29, 1.82) is 5.26 Å². The van der Waals surface area contributed by atoms with Gasteiger partial charge in [-0.2, -0.15) is 10.4 Å². The standard InChI is InChI=1S/C15H21N5O/c1-11-5-17-20(6-11)13-7-19(8-13)9-14(21)18-15(2,10-16)12-3-4-12/h5-6,12-13H,3-4,7-9H2,1-2H3,(H,18,21). The van der Waals surface area contributed by atoms with E-state index in [1.54, 1.807) is 0 Å². The third-order valence-electron chi connectivity index (χ3n) is 4.44. The molecule has 0 aromatic carbocycles. The summed E-state index contributed by atoms with van der Waals surface area (Å²) in [5.74, 6) is 0.267. The van der Waals surface area contributed by atoms with E-state index in [-0.39, 0.29) is 5.91 Å². The molecule has 2 heterocycles. The van der Waals surface area contributed by atoms with Gasteiger partial charge in [-0.1, -0.05) is 0 Å². The van der Waals surface area contributed by atoms with Crippen molar-refractivity contribution in [3.63, 3.8) is 0 Å². The van der Waals surface area contributed by atoms with Crippen LogP contribution in [0.25, 0.3) is 0 Å². The van der Waals surface area contributed by atoms with Crippen LogP contribution < -0.4 is 5.32 Å². The van der Waals surface area contributed by atoms with Crippen molar-refractivity contribution in [3.05, 3.63) is 18.0 Å². The van der Waals surface area contributed by atoms with Gasteiger partial charge in [-0.15, -0.1) is 0 Å². The molecular weight excluding hydrogens is 266 g/mol. The van der Waals surface area contributed by atoms with E-state index >= 15 is 0 Å². The van der Waals surface area contributed by atoms with Crippen LogP contribution in [0.15, 0.2) is 12.4 Å². The molecule has 1 aliphatic carbocycles. The van der Waals surface area contributed by atoms with Gasteiger partial charge in [-0.05, 0) is 38.2 Å². The first-order valence-corrected chi connectivity index (χ1v) is 7.45. The molecule has 0 radical (unpaired) electrons. The fourth-order valence-electron chi connectivity index (χ4n) is 2.89. The summed E-state index contributed by atoms with van der Waals surface area (Å²) in [6, 6.07) is 2.61. The fourth-order valence-corrected chi connectivity index (χ4v) is 2.89. The van der Waals surface area contributed by atoms with E-state index in [1.807, 2.05) is 30.9 Å². The van der Waals surface area contributed by atoms with E-state index in [1.165, 1.54) is 0 Å². The molecule has 21 heavy (non-hydrogen) atoms. The van der Waals surface area contributed by atoms with Crippen LogP contribution in [-0.4, -0.2) is 45.8 Å². The number of hydrogen-bond acceptors (Lipinski definition) is 4. The Bertz CT molecular complexity index is 579. The van der Waals surface area contributed by atoms with Crippen molar-refractivity contribution < 1.29 is 4.79 Å². The maximum Gasteiger partial charge on any atom is 0.235 e. The third-order valence-corrected chi connectivity index (χ3v) is 4.44. The molecule has 6 nitrogen and oxygen atoms in total. The minimum atomic E-state index is -0.694. The molecule has 6 heteroatoms. The van der Waals surface area contributed by atoms with Crippen molar-refractivity contribution >= 4 is 5.91 Å². The monoisotopic (exact) mass is 287 g/mol. The van der Waals surface area contributed by atoms with Crippen LogP contribution in [0.5, 0.6) is 0 Å². The molecule has 1 unspecified atom stereocenters. The molecule has 1 N–H and O–H groups in total. The Morgan fingerprint density at radius 3 is 2.81 bits per heavy atom. The van der Waals surface area contributed by atoms with E-state index in [4.69, 9.17) is 0 Å². The summed E-state index contributed by atoms with van der Waals surface area (Å²) >= 11 is 0. The summed E-state index contributed by atoms with van der Waals surface area (Å²) < 4.78 is 1.97. The molecule has 1 aromatic heterocycles. The maximum absolute atomic E-state index is 12.1. The molecule has 1 aromatic rings. The second-order valence-electron chi connectivity index (χ2n) is 6.48. The minimum Gasteiger partial charge on any atom is -0.337 e. The lowest BCUT2D eigenvalue weighted by molar-refractivity contribution is -0.125. The smallest absolute Gasteiger partial charge is 0.235 e. The highest BCUT2D eigenvalue weighted by molar-refractivity contribution is 5.79. The van der Waals surface area contributed by atoms with Crippen molar-refractivity contribution in [3.8, 4) is 6.07 Å². The Balaban J connectivity index is 1.46. The molecule has 112 valence electrons. The highest BCUT2D eigenvalue weighted by atomic mass is 16.2. The quantitative estimate of drug-likeness (QED) is 0.871. The number of nitrogens with one attached hydrogen (secondary N) is 1. The Hall–Kier alpha value is -1.87. The van der Waals surface area contributed by atoms with E-state index in [0.29, 0.717) is 18.5 Å². The van der Waals surface area contributed by atoms with Gasteiger partial charge in [0.1, 0.15) is 5.54 Å². The molecular formula is C15H21N5O. The molecule has 0 spiro atoms. The maximum atomic E-state index is 12.1. The van der Waals surface area contributed by atoms with Crippen LogP contribution in [0.3, 0.4) is 0 Å². The van der Waals surface area contributed by atoms with Gasteiger partial charge < -0.3 is 5.32 Å². The molecule has 1 saturated carbocycles. The number of aromatic nitrogens is 2. The van der Waals surface area contributed by atoms with Crippen LogP contribution in [0, 0.1) is 24.2 Å². The minimum absolute atomic E-state index is 0.0546. The van der Waals surface area contributed by atoms with Gasteiger partial charge in [-0.25, -0.2) is 0 Å². The van der Waals surface area contributed by atoms with Crippen LogP contribution in [0.4, 0.5) is 0 Å². The number of likely N-dealkylation sites (tertiary alicyclic amines) is 1. The summed E-state index contributed by atoms with van der Waals surface area (Å²) in [6.07, 6.45) is 5.95. The molecule has 1 saturated heterocycles. The van der Waals surface area contributed by atoms with E-state index in [0.717, 1.165) is 31.5 Å². The third kappa shape index (κ3) is 2.93. The summed E-state index contributed by atoms with van der Waals surface area (Å²) in [6.45, 7) is 5.88. The SMILES string of the molecule is Cc1cnn(C2CN(CC(=O)NC(C)(C#N)C3CC3)C2)c1. The molecule has 2 fully saturated rings. The highest BCUT2D eigenvalue weighted by Gasteiger charge is 2.43. The topological polar surface area (TPSA) is 74.0 Å². The van der Waals surface area contributed by atoms with Gasteiger partial charge in [-0.3, -0.25) is 14.4 Å². The highest BCUT2D eigenvalue weighted by Crippen LogP contribution is 2.39. The molecule has 0 bridgehead atoms. The predicted octanol–water partition coefficient (Wildman–Crippen LogP) is 0.857. The summed E-state index contributed by atoms with van der Waals surface area (Å²) in [4.78, 5) is 14.2. The Morgan fingerprint density at radius 1 is 1.57 bits per heavy atom. The van der Waals surface area contributed by atoms with E-state index in [9.17, 15) is 10.1 Å². The predicted molar refractivity (Wildman–Crippen MR) is 77.3 cm³/mol. The van der Waals surface area contributed by atoms with Gasteiger partial charge in [0.2, 0.25) is 5.91 Å². The molecule has 1 amide bonds. The first-order chi connectivity index (χ1) is 10.00. The average molecular weight is 287 g/mol. The second kappa shape index (κ2) is 5.15. The Morgan fingerprint density at radius 2 is 2.29 bits per heavy atom. The van der Waals surface area contributed by atoms with Crippen molar-refractivity contribution in [2.45, 2.75) is 38.3 Å². The average Bonchev–Trinajstić information content (AvgIpc) is 3.17. The first-order valence-electron chi connectivity index (χ1n) is 7.45. The van der Waals surface area contributed by atoms with Gasteiger partial charge in [0.15, 0.2) is 0 Å². The van der Waals surface area contributed by atoms with Crippen molar-refractivity contribution in [2.24, 2.45) is 5.92 Å². The normalized spacial score (nSPS) is 22.1. The summed E-state index contributed by atoms with van der Waals surface area (Å²) in [7, 11) is 0. The van der Waals surface area contributed by atoms with Crippen LogP contribution >= 0.6 is 0 Å². The number of carbonyl (C=O) groups excluding carboxylic acids is 1. The lowest BCUT2D eigenvalue weighted by Crippen LogP contribution is -2.55. The number of hydrogen-bond donors (Lipinski definition) is 1. The number of nitriles is 1. The lowest BCUT2D eigenvalue weighted by atomic mass is 9.98. The first kappa shape index (κ1) is 14.1. The number of aryl methyl sites for hydroxylation is 1. The van der Waals surface area contributed by atoms with Crippen LogP contribution in [0.2, 0.25) is 0 Å². The summed E-state index contributed by atoms with van der Waals surface area (Å²) in [5.41, 5.74) is 0.459. The molecule has 3 rings (SSSR count). The van der Waals surface area contributed by atoms with Gasteiger partial charge in [0, 0.05) is 19.3 Å². The largest absolute Gasteiger partial charge is 0.337 e. The lowest BCUT2D eigenvalue weighted by Gasteiger charge is -2.39. The zero-order valence-electron chi connectivity index (χ0n) is 12.5. The Labute approximate surface area is 124 Å². The van der Waals surface area contributed by atoms with Gasteiger partial charge in [0.25, 0.3) is 0 Å². The summed E-state index contributed by atoms with van der Waals surface area (Å²) in [5, 5.41) is 16.5.